The summed E-state index contributed by atoms with van der Waals surface area (Å²) in [6.45, 7) is 4.66. The molecule has 1 N–H and O–H groups in total. The van der Waals surface area contributed by atoms with Crippen molar-refractivity contribution in [3.8, 4) is 11.5 Å². The van der Waals surface area contributed by atoms with Gasteiger partial charge in [-0.05, 0) is 55.2 Å². The molecule has 0 unspecified atom stereocenters. The molecule has 0 aliphatic rings. The number of hydrogen-bond donors (Lipinski definition) is 1. The summed E-state index contributed by atoms with van der Waals surface area (Å²) in [6.07, 6.45) is 0.725. The van der Waals surface area contributed by atoms with Crippen LogP contribution >= 0.6 is 11.8 Å². The highest BCUT2D eigenvalue weighted by Crippen LogP contribution is 2.28. The number of carbonyl (C=O) groups excluding carboxylic acids is 1. The molecule has 0 aliphatic heterocycles. The zero-order chi connectivity index (χ0) is 20.8. The van der Waals surface area contributed by atoms with E-state index in [2.05, 4.69) is 30.4 Å². The predicted molar refractivity (Wildman–Crippen MR) is 118 cm³/mol. The van der Waals surface area contributed by atoms with Gasteiger partial charge in [-0.3, -0.25) is 4.79 Å². The summed E-state index contributed by atoms with van der Waals surface area (Å²) in [4.78, 5) is 17.0. The average Bonchev–Trinajstić information content (AvgIpc) is 2.72. The first kappa shape index (κ1) is 21.0. The standard InChI is InChI=1S/C23H26N2O3S/c1-15-6-5-7-18-12-16(2)23(25-22(15)18)29-14-21(26)24-11-10-17-8-9-19(27-3)20(13-17)28-4/h5-9,12-13H,10-11,14H2,1-4H3,(H,24,26). The summed E-state index contributed by atoms with van der Waals surface area (Å²) in [6, 6.07) is 14.1. The zero-order valence-corrected chi connectivity index (χ0v) is 18.1. The van der Waals surface area contributed by atoms with Gasteiger partial charge in [-0.1, -0.05) is 36.0 Å². The van der Waals surface area contributed by atoms with Gasteiger partial charge in [0.05, 0.1) is 25.5 Å². The molecule has 5 nitrogen and oxygen atoms in total. The molecule has 1 heterocycles. The van der Waals surface area contributed by atoms with Gasteiger partial charge in [-0.15, -0.1) is 0 Å². The molecule has 0 fully saturated rings. The third-order valence-electron chi connectivity index (χ3n) is 4.72. The molecule has 3 aromatic rings. The highest BCUT2D eigenvalue weighted by atomic mass is 32.2. The summed E-state index contributed by atoms with van der Waals surface area (Å²) in [5, 5.41) is 5.01. The molecule has 0 spiro atoms. The number of thioether (sulfide) groups is 1. The maximum atomic E-state index is 12.3. The first-order valence-corrected chi connectivity index (χ1v) is 10.5. The average molecular weight is 411 g/mol. The highest BCUT2D eigenvalue weighted by Gasteiger charge is 2.09. The van der Waals surface area contributed by atoms with Crippen molar-refractivity contribution in [1.29, 1.82) is 0 Å². The minimum atomic E-state index is 0.00144. The molecule has 0 saturated heterocycles. The zero-order valence-electron chi connectivity index (χ0n) is 17.2. The molecule has 2 aromatic carbocycles. The number of fused-ring (bicyclic) bond motifs is 1. The Balaban J connectivity index is 1.53. The van der Waals surface area contributed by atoms with Crippen LogP contribution in [-0.2, 0) is 11.2 Å². The number of para-hydroxylation sites is 1. The van der Waals surface area contributed by atoms with Gasteiger partial charge >= 0.3 is 0 Å². The molecular weight excluding hydrogens is 384 g/mol. The van der Waals surface area contributed by atoms with E-state index in [1.807, 2.05) is 31.2 Å². The largest absolute Gasteiger partial charge is 0.493 e. The van der Waals surface area contributed by atoms with E-state index >= 15 is 0 Å². The molecule has 0 aliphatic carbocycles. The van der Waals surface area contributed by atoms with Gasteiger partial charge in [0.15, 0.2) is 11.5 Å². The maximum absolute atomic E-state index is 12.3. The van der Waals surface area contributed by atoms with Crippen LogP contribution in [0.15, 0.2) is 47.5 Å². The first-order valence-electron chi connectivity index (χ1n) is 9.49. The molecule has 0 bridgehead atoms. The van der Waals surface area contributed by atoms with Crippen LogP contribution in [0.4, 0.5) is 0 Å². The Morgan fingerprint density at radius 3 is 2.59 bits per heavy atom. The van der Waals surface area contributed by atoms with Gasteiger partial charge in [-0.25, -0.2) is 4.98 Å². The number of ether oxygens (including phenoxy) is 2. The highest BCUT2D eigenvalue weighted by molar-refractivity contribution is 7.99. The number of aryl methyl sites for hydroxylation is 2. The van der Waals surface area contributed by atoms with Crippen LogP contribution in [0, 0.1) is 13.8 Å². The molecule has 0 atom stereocenters. The molecule has 3 rings (SSSR count). The van der Waals surface area contributed by atoms with Crippen LogP contribution in [0.2, 0.25) is 0 Å². The second kappa shape index (κ2) is 9.65. The Hall–Kier alpha value is -2.73. The van der Waals surface area contributed by atoms with E-state index in [0.29, 0.717) is 23.8 Å². The number of methoxy groups -OCH3 is 2. The number of aromatic nitrogens is 1. The molecule has 152 valence electrons. The Kier molecular flexibility index (Phi) is 6.99. The van der Waals surface area contributed by atoms with Crippen molar-refractivity contribution in [2.24, 2.45) is 0 Å². The van der Waals surface area contributed by atoms with E-state index in [4.69, 9.17) is 14.5 Å². The molecule has 0 radical (unpaired) electrons. The van der Waals surface area contributed by atoms with Crippen molar-refractivity contribution in [3.63, 3.8) is 0 Å². The molecule has 1 aromatic heterocycles. The number of nitrogens with one attached hydrogen (secondary N) is 1. The lowest BCUT2D eigenvalue weighted by Crippen LogP contribution is -2.27. The number of rotatable bonds is 8. The number of pyridine rings is 1. The van der Waals surface area contributed by atoms with Crippen molar-refractivity contribution >= 4 is 28.6 Å². The van der Waals surface area contributed by atoms with E-state index in [1.54, 1.807) is 14.2 Å². The van der Waals surface area contributed by atoms with Crippen molar-refractivity contribution in [2.45, 2.75) is 25.3 Å². The summed E-state index contributed by atoms with van der Waals surface area (Å²) in [5.41, 5.74) is 4.31. The Morgan fingerprint density at radius 1 is 1.03 bits per heavy atom. The number of amides is 1. The summed E-state index contributed by atoms with van der Waals surface area (Å²) in [5.74, 6) is 1.74. The number of carbonyl (C=O) groups is 1. The smallest absolute Gasteiger partial charge is 0.230 e. The fourth-order valence-corrected chi connectivity index (χ4v) is 3.96. The van der Waals surface area contributed by atoms with E-state index in [-0.39, 0.29) is 5.91 Å². The fourth-order valence-electron chi connectivity index (χ4n) is 3.15. The topological polar surface area (TPSA) is 60.5 Å². The third kappa shape index (κ3) is 5.21. The summed E-state index contributed by atoms with van der Waals surface area (Å²) >= 11 is 1.48. The van der Waals surface area contributed by atoms with Crippen LogP contribution in [-0.4, -0.2) is 37.4 Å². The van der Waals surface area contributed by atoms with Gasteiger partial charge in [0, 0.05) is 11.9 Å². The monoisotopic (exact) mass is 410 g/mol. The molecular formula is C23H26N2O3S. The lowest BCUT2D eigenvalue weighted by Gasteiger charge is -2.11. The van der Waals surface area contributed by atoms with Crippen LogP contribution < -0.4 is 14.8 Å². The molecule has 6 heteroatoms. The summed E-state index contributed by atoms with van der Waals surface area (Å²) in [7, 11) is 3.23. The molecule has 0 saturated carbocycles. The van der Waals surface area contributed by atoms with Crippen molar-refractivity contribution < 1.29 is 14.3 Å². The quantitative estimate of drug-likeness (QED) is 0.561. The lowest BCUT2D eigenvalue weighted by molar-refractivity contribution is -0.118. The van der Waals surface area contributed by atoms with Gasteiger partial charge in [0.2, 0.25) is 5.91 Å². The first-order chi connectivity index (χ1) is 14.0. The van der Waals surface area contributed by atoms with E-state index in [9.17, 15) is 4.79 Å². The fraction of sp³-hybridized carbons (Fsp3) is 0.304. The van der Waals surface area contributed by atoms with Gasteiger partial charge in [-0.2, -0.15) is 0 Å². The van der Waals surface area contributed by atoms with Crippen molar-refractivity contribution in [2.75, 3.05) is 26.5 Å². The van der Waals surface area contributed by atoms with Crippen LogP contribution in [0.3, 0.4) is 0 Å². The Bertz CT molecular complexity index is 1020. The normalized spacial score (nSPS) is 10.8. The minimum Gasteiger partial charge on any atom is -0.493 e. The number of benzene rings is 2. The minimum absolute atomic E-state index is 0.00144. The second-order valence-electron chi connectivity index (χ2n) is 6.84. The van der Waals surface area contributed by atoms with Crippen LogP contribution in [0.5, 0.6) is 11.5 Å². The lowest BCUT2D eigenvalue weighted by atomic mass is 10.1. The Labute approximate surface area is 175 Å². The number of hydrogen-bond acceptors (Lipinski definition) is 5. The molecule has 29 heavy (non-hydrogen) atoms. The van der Waals surface area contributed by atoms with Gasteiger partial charge < -0.3 is 14.8 Å². The third-order valence-corrected chi connectivity index (χ3v) is 5.81. The van der Waals surface area contributed by atoms with Crippen LogP contribution in [0.1, 0.15) is 16.7 Å². The van der Waals surface area contributed by atoms with Gasteiger partial charge in [0.1, 0.15) is 5.03 Å². The predicted octanol–water partition coefficient (Wildman–Crippen LogP) is 4.32. The summed E-state index contributed by atoms with van der Waals surface area (Å²) < 4.78 is 10.6. The van der Waals surface area contributed by atoms with E-state index < -0.39 is 0 Å². The molecule has 1 amide bonds. The maximum Gasteiger partial charge on any atom is 0.230 e. The van der Waals surface area contributed by atoms with Crippen molar-refractivity contribution in [3.05, 3.63) is 59.2 Å². The van der Waals surface area contributed by atoms with Crippen LogP contribution in [0.25, 0.3) is 10.9 Å². The van der Waals surface area contributed by atoms with Crippen molar-refractivity contribution in [1.82, 2.24) is 10.3 Å². The number of nitrogens with zero attached hydrogens (tertiary/aromatic N) is 1. The van der Waals surface area contributed by atoms with E-state index in [0.717, 1.165) is 39.0 Å². The van der Waals surface area contributed by atoms with Gasteiger partial charge in [0.25, 0.3) is 0 Å². The second-order valence-corrected chi connectivity index (χ2v) is 7.80. The Morgan fingerprint density at radius 2 is 1.83 bits per heavy atom. The van der Waals surface area contributed by atoms with E-state index in [1.165, 1.54) is 11.8 Å². The SMILES string of the molecule is COc1ccc(CCNC(=O)CSc2nc3c(C)cccc3cc2C)cc1OC.